The smallest absolute Gasteiger partial charge is 0.335 e. The second-order valence-corrected chi connectivity index (χ2v) is 7.61. The minimum Gasteiger partial charge on any atom is -0.478 e. The van der Waals surface area contributed by atoms with E-state index < -0.39 is 5.97 Å². The number of benzene rings is 2. The van der Waals surface area contributed by atoms with Crippen molar-refractivity contribution in [2.24, 2.45) is 5.10 Å². The average Bonchev–Trinajstić information content (AvgIpc) is 3.16. The molecule has 148 valence electrons. The second kappa shape index (κ2) is 8.14. The summed E-state index contributed by atoms with van der Waals surface area (Å²) in [6.45, 7) is 6.34. The van der Waals surface area contributed by atoms with Gasteiger partial charge in [0.2, 0.25) is 0 Å². The first-order chi connectivity index (χ1) is 13.7. The van der Waals surface area contributed by atoms with Crippen LogP contribution in [-0.4, -0.2) is 23.2 Å². The zero-order chi connectivity index (χ0) is 21.0. The maximum Gasteiger partial charge on any atom is 0.335 e. The number of carboxylic acid groups (broad SMARTS) is 1. The molecule has 0 saturated carbocycles. The summed E-state index contributed by atoms with van der Waals surface area (Å²) in [7, 11) is 0. The third-order valence-electron chi connectivity index (χ3n) is 4.39. The van der Waals surface area contributed by atoms with Crippen molar-refractivity contribution in [2.45, 2.75) is 26.2 Å². The standard InChI is InChI=1S/C23H22N2O4/c1-23(2,3)18-9-7-15(8-10-18)21(26)25-24-14-19-11-12-20(29-19)16-5-4-6-17(13-16)22(27)28/h4-14H,1-3H3,(H,25,26)(H,27,28)/b24-14+. The van der Waals surface area contributed by atoms with E-state index in [1.165, 1.54) is 18.3 Å². The van der Waals surface area contributed by atoms with Crippen LogP contribution in [0.5, 0.6) is 0 Å². The first-order valence-electron chi connectivity index (χ1n) is 9.11. The van der Waals surface area contributed by atoms with Gasteiger partial charge in [0.15, 0.2) is 0 Å². The zero-order valence-corrected chi connectivity index (χ0v) is 16.5. The van der Waals surface area contributed by atoms with Crippen LogP contribution in [0.3, 0.4) is 0 Å². The summed E-state index contributed by atoms with van der Waals surface area (Å²) in [6, 6.07) is 17.3. The van der Waals surface area contributed by atoms with Crippen LogP contribution in [0, 0.1) is 0 Å². The van der Waals surface area contributed by atoms with Gasteiger partial charge in [-0.2, -0.15) is 5.10 Å². The molecule has 0 radical (unpaired) electrons. The van der Waals surface area contributed by atoms with E-state index in [0.29, 0.717) is 22.6 Å². The molecule has 29 heavy (non-hydrogen) atoms. The van der Waals surface area contributed by atoms with Crippen LogP contribution < -0.4 is 5.43 Å². The predicted octanol–water partition coefficient (Wildman–Crippen LogP) is 4.71. The Hall–Kier alpha value is -3.67. The fraction of sp³-hybridized carbons (Fsp3) is 0.174. The van der Waals surface area contributed by atoms with Gasteiger partial charge in [-0.25, -0.2) is 10.2 Å². The highest BCUT2D eigenvalue weighted by atomic mass is 16.4. The molecule has 3 rings (SSSR count). The predicted molar refractivity (Wildman–Crippen MR) is 111 cm³/mol. The Morgan fingerprint density at radius 3 is 2.38 bits per heavy atom. The molecule has 3 aromatic rings. The second-order valence-electron chi connectivity index (χ2n) is 7.61. The lowest BCUT2D eigenvalue weighted by Gasteiger charge is -2.18. The first kappa shape index (κ1) is 20.1. The third-order valence-corrected chi connectivity index (χ3v) is 4.39. The van der Waals surface area contributed by atoms with Crippen LogP contribution >= 0.6 is 0 Å². The topological polar surface area (TPSA) is 91.9 Å². The molecule has 0 spiro atoms. The van der Waals surface area contributed by atoms with Gasteiger partial charge in [0, 0.05) is 11.1 Å². The Bertz CT molecular complexity index is 1060. The number of amides is 1. The van der Waals surface area contributed by atoms with E-state index in [9.17, 15) is 9.59 Å². The molecule has 2 N–H and O–H groups in total. The number of carbonyl (C=O) groups is 2. The normalized spacial score (nSPS) is 11.6. The molecule has 0 atom stereocenters. The molecule has 0 aliphatic carbocycles. The quantitative estimate of drug-likeness (QED) is 0.488. The summed E-state index contributed by atoms with van der Waals surface area (Å²) in [5.74, 6) is -0.371. The molecule has 2 aromatic carbocycles. The highest BCUT2D eigenvalue weighted by Gasteiger charge is 2.14. The Balaban J connectivity index is 1.65. The molecule has 0 fully saturated rings. The van der Waals surface area contributed by atoms with Gasteiger partial charge in [0.1, 0.15) is 11.5 Å². The number of nitrogens with zero attached hydrogens (tertiary/aromatic N) is 1. The van der Waals surface area contributed by atoms with Crippen molar-refractivity contribution in [1.82, 2.24) is 5.43 Å². The average molecular weight is 390 g/mol. The van der Waals surface area contributed by atoms with Crippen LogP contribution in [-0.2, 0) is 5.41 Å². The van der Waals surface area contributed by atoms with Gasteiger partial charge in [-0.05, 0) is 47.4 Å². The van der Waals surface area contributed by atoms with E-state index in [1.807, 2.05) is 12.1 Å². The molecule has 0 saturated heterocycles. The lowest BCUT2D eigenvalue weighted by molar-refractivity contribution is 0.0696. The Morgan fingerprint density at radius 1 is 1.00 bits per heavy atom. The van der Waals surface area contributed by atoms with Crippen LogP contribution in [0.25, 0.3) is 11.3 Å². The summed E-state index contributed by atoms with van der Waals surface area (Å²) in [5.41, 5.74) is 4.98. The molecular formula is C23H22N2O4. The zero-order valence-electron chi connectivity index (χ0n) is 16.5. The Kier molecular flexibility index (Phi) is 5.64. The monoisotopic (exact) mass is 390 g/mol. The van der Waals surface area contributed by atoms with Gasteiger partial charge in [0.05, 0.1) is 11.8 Å². The van der Waals surface area contributed by atoms with E-state index in [-0.39, 0.29) is 16.9 Å². The molecule has 1 aromatic heterocycles. The maximum absolute atomic E-state index is 12.2. The Morgan fingerprint density at radius 2 is 1.72 bits per heavy atom. The number of hydrogen-bond acceptors (Lipinski definition) is 4. The van der Waals surface area contributed by atoms with E-state index in [2.05, 4.69) is 31.3 Å². The number of hydrazone groups is 1. The van der Waals surface area contributed by atoms with Gasteiger partial charge >= 0.3 is 5.97 Å². The molecule has 0 unspecified atom stereocenters. The Labute approximate surface area is 168 Å². The van der Waals surface area contributed by atoms with Gasteiger partial charge < -0.3 is 9.52 Å². The van der Waals surface area contributed by atoms with Gasteiger partial charge in [-0.1, -0.05) is 45.0 Å². The molecule has 0 aliphatic rings. The first-order valence-corrected chi connectivity index (χ1v) is 9.11. The lowest BCUT2D eigenvalue weighted by Crippen LogP contribution is -2.18. The molecular weight excluding hydrogens is 368 g/mol. The number of carboxylic acids is 1. The fourth-order valence-corrected chi connectivity index (χ4v) is 2.72. The van der Waals surface area contributed by atoms with Gasteiger partial charge in [-0.3, -0.25) is 4.79 Å². The van der Waals surface area contributed by atoms with E-state index in [0.717, 1.165) is 5.56 Å². The lowest BCUT2D eigenvalue weighted by atomic mass is 9.87. The fourth-order valence-electron chi connectivity index (χ4n) is 2.72. The van der Waals surface area contributed by atoms with Crippen molar-refractivity contribution >= 4 is 18.1 Å². The van der Waals surface area contributed by atoms with Crippen molar-refractivity contribution in [3.8, 4) is 11.3 Å². The van der Waals surface area contributed by atoms with Crippen molar-refractivity contribution in [3.05, 3.63) is 83.1 Å². The summed E-state index contributed by atoms with van der Waals surface area (Å²) < 4.78 is 5.65. The van der Waals surface area contributed by atoms with Crippen molar-refractivity contribution in [1.29, 1.82) is 0 Å². The number of rotatable bonds is 5. The number of hydrogen-bond donors (Lipinski definition) is 2. The molecule has 6 heteroatoms. The van der Waals surface area contributed by atoms with E-state index in [4.69, 9.17) is 9.52 Å². The van der Waals surface area contributed by atoms with Crippen LogP contribution in [0.2, 0.25) is 0 Å². The maximum atomic E-state index is 12.2. The summed E-state index contributed by atoms with van der Waals surface area (Å²) in [5, 5.41) is 13.0. The number of aromatic carboxylic acids is 1. The molecule has 0 bridgehead atoms. The molecule has 1 heterocycles. The van der Waals surface area contributed by atoms with Gasteiger partial charge in [0.25, 0.3) is 5.91 Å². The minimum atomic E-state index is -1.00. The third kappa shape index (κ3) is 4.99. The van der Waals surface area contributed by atoms with Crippen molar-refractivity contribution < 1.29 is 19.1 Å². The largest absolute Gasteiger partial charge is 0.478 e. The molecule has 0 aliphatic heterocycles. The highest BCUT2D eigenvalue weighted by molar-refractivity contribution is 5.94. The summed E-state index contributed by atoms with van der Waals surface area (Å²) in [4.78, 5) is 23.3. The van der Waals surface area contributed by atoms with E-state index >= 15 is 0 Å². The molecule has 6 nitrogen and oxygen atoms in total. The van der Waals surface area contributed by atoms with Crippen molar-refractivity contribution in [2.75, 3.05) is 0 Å². The number of furan rings is 1. The van der Waals surface area contributed by atoms with Crippen LogP contribution in [0.4, 0.5) is 0 Å². The molecule has 1 amide bonds. The minimum absolute atomic E-state index is 0.0220. The SMILES string of the molecule is CC(C)(C)c1ccc(C(=O)N/N=C/c2ccc(-c3cccc(C(=O)O)c3)o2)cc1. The van der Waals surface area contributed by atoms with Crippen LogP contribution in [0.1, 0.15) is 52.8 Å². The van der Waals surface area contributed by atoms with Crippen molar-refractivity contribution in [3.63, 3.8) is 0 Å². The number of nitrogens with one attached hydrogen (secondary N) is 1. The van der Waals surface area contributed by atoms with Crippen LogP contribution in [0.15, 0.2) is 70.2 Å². The summed E-state index contributed by atoms with van der Waals surface area (Å²) in [6.07, 6.45) is 1.39. The summed E-state index contributed by atoms with van der Waals surface area (Å²) >= 11 is 0. The highest BCUT2D eigenvalue weighted by Crippen LogP contribution is 2.23. The van der Waals surface area contributed by atoms with E-state index in [1.54, 1.807) is 36.4 Å². The van der Waals surface area contributed by atoms with Gasteiger partial charge in [-0.15, -0.1) is 0 Å². The number of carbonyl (C=O) groups excluding carboxylic acids is 1.